The first kappa shape index (κ1) is 35.0. The van der Waals surface area contributed by atoms with E-state index in [0.29, 0.717) is 0 Å². The normalized spacial score (nSPS) is 11.5. The SMILES string of the molecule is CCCCCCCCCCCCCCCCCCCCCCCCOCCCCCCCCCC. The van der Waals surface area contributed by atoms with Crippen molar-refractivity contribution in [3.63, 3.8) is 0 Å². The van der Waals surface area contributed by atoms with E-state index in [1.54, 1.807) is 0 Å². The van der Waals surface area contributed by atoms with E-state index in [2.05, 4.69) is 13.8 Å². The predicted octanol–water partition coefficient (Wildman–Crippen LogP) is 12.7. The summed E-state index contributed by atoms with van der Waals surface area (Å²) in [6.07, 6.45) is 43.1. The van der Waals surface area contributed by atoms with Gasteiger partial charge in [-0.05, 0) is 12.8 Å². The number of hydrogen-bond donors (Lipinski definition) is 0. The van der Waals surface area contributed by atoms with E-state index in [4.69, 9.17) is 4.74 Å². The van der Waals surface area contributed by atoms with E-state index in [9.17, 15) is 0 Å². The number of unbranched alkanes of at least 4 members (excludes halogenated alkanes) is 28. The standard InChI is InChI=1S/C34H70O/c1-3-5-7-9-11-13-14-15-16-17-18-19-20-21-22-23-24-25-26-28-30-32-34-35-33-31-29-27-12-10-8-6-4-2/h3-34H2,1-2H3. The van der Waals surface area contributed by atoms with Gasteiger partial charge in [0.2, 0.25) is 0 Å². The summed E-state index contributed by atoms with van der Waals surface area (Å²) < 4.78 is 5.82. The molecule has 0 atom stereocenters. The zero-order valence-corrected chi connectivity index (χ0v) is 25.0. The fourth-order valence-corrected chi connectivity index (χ4v) is 5.25. The first-order valence-corrected chi connectivity index (χ1v) is 17.0. The van der Waals surface area contributed by atoms with Gasteiger partial charge in [-0.3, -0.25) is 0 Å². The quantitative estimate of drug-likeness (QED) is 0.0844. The van der Waals surface area contributed by atoms with E-state index < -0.39 is 0 Å². The van der Waals surface area contributed by atoms with Crippen LogP contribution >= 0.6 is 0 Å². The van der Waals surface area contributed by atoms with Crippen LogP contribution in [0.4, 0.5) is 0 Å². The fourth-order valence-electron chi connectivity index (χ4n) is 5.25. The highest BCUT2D eigenvalue weighted by Crippen LogP contribution is 2.15. The van der Waals surface area contributed by atoms with Crippen LogP contribution in [0.15, 0.2) is 0 Å². The monoisotopic (exact) mass is 495 g/mol. The fraction of sp³-hybridized carbons (Fsp3) is 1.00. The summed E-state index contributed by atoms with van der Waals surface area (Å²) in [6, 6.07) is 0. The molecular formula is C34H70O. The summed E-state index contributed by atoms with van der Waals surface area (Å²) in [5, 5.41) is 0. The first-order chi connectivity index (χ1) is 17.4. The molecule has 0 fully saturated rings. The van der Waals surface area contributed by atoms with Crippen LogP contribution in [0.5, 0.6) is 0 Å². The van der Waals surface area contributed by atoms with E-state index >= 15 is 0 Å². The molecule has 0 aromatic heterocycles. The molecule has 0 spiro atoms. The smallest absolute Gasteiger partial charge is 0.0466 e. The van der Waals surface area contributed by atoms with Crippen LogP contribution in [0.1, 0.15) is 206 Å². The Morgan fingerprint density at radius 3 is 0.600 bits per heavy atom. The van der Waals surface area contributed by atoms with Gasteiger partial charge in [-0.2, -0.15) is 0 Å². The molecule has 0 bridgehead atoms. The van der Waals surface area contributed by atoms with Crippen LogP contribution in [0, 0.1) is 0 Å². The lowest BCUT2D eigenvalue weighted by Crippen LogP contribution is -1.97. The van der Waals surface area contributed by atoms with Crippen LogP contribution in [-0.2, 0) is 4.74 Å². The minimum absolute atomic E-state index is 0.994. The molecule has 0 saturated carbocycles. The largest absolute Gasteiger partial charge is 0.381 e. The van der Waals surface area contributed by atoms with Crippen LogP contribution in [0.25, 0.3) is 0 Å². The van der Waals surface area contributed by atoms with Gasteiger partial charge in [0.05, 0.1) is 0 Å². The molecule has 35 heavy (non-hydrogen) atoms. The topological polar surface area (TPSA) is 9.23 Å². The zero-order chi connectivity index (χ0) is 25.3. The average molecular weight is 495 g/mol. The molecule has 0 rings (SSSR count). The molecule has 0 saturated heterocycles. The van der Waals surface area contributed by atoms with Gasteiger partial charge in [0.25, 0.3) is 0 Å². The Morgan fingerprint density at radius 1 is 0.229 bits per heavy atom. The van der Waals surface area contributed by atoms with Gasteiger partial charge in [0.15, 0.2) is 0 Å². The van der Waals surface area contributed by atoms with E-state index in [1.807, 2.05) is 0 Å². The summed E-state index contributed by atoms with van der Waals surface area (Å²) in [5.74, 6) is 0. The number of ether oxygens (including phenoxy) is 1. The van der Waals surface area contributed by atoms with Crippen molar-refractivity contribution in [3.05, 3.63) is 0 Å². The summed E-state index contributed by atoms with van der Waals surface area (Å²) in [7, 11) is 0. The Bertz CT molecular complexity index is 307. The molecule has 1 nitrogen and oxygen atoms in total. The van der Waals surface area contributed by atoms with Crippen molar-refractivity contribution in [1.82, 2.24) is 0 Å². The van der Waals surface area contributed by atoms with Crippen molar-refractivity contribution in [2.75, 3.05) is 13.2 Å². The second-order valence-corrected chi connectivity index (χ2v) is 11.5. The van der Waals surface area contributed by atoms with Crippen LogP contribution < -0.4 is 0 Å². The average Bonchev–Trinajstić information content (AvgIpc) is 2.87. The molecule has 0 amide bonds. The highest BCUT2D eigenvalue weighted by molar-refractivity contribution is 4.51. The van der Waals surface area contributed by atoms with Gasteiger partial charge in [-0.1, -0.05) is 194 Å². The van der Waals surface area contributed by atoms with Crippen molar-refractivity contribution in [1.29, 1.82) is 0 Å². The molecule has 0 unspecified atom stereocenters. The first-order valence-electron chi connectivity index (χ1n) is 17.0. The molecule has 0 aliphatic heterocycles. The molecule has 212 valence electrons. The molecule has 0 heterocycles. The minimum atomic E-state index is 0.994. The summed E-state index contributed by atoms with van der Waals surface area (Å²) in [5.41, 5.74) is 0. The van der Waals surface area contributed by atoms with Crippen molar-refractivity contribution in [3.8, 4) is 0 Å². The van der Waals surface area contributed by atoms with Gasteiger partial charge in [0.1, 0.15) is 0 Å². The molecule has 0 aliphatic rings. The summed E-state index contributed by atoms with van der Waals surface area (Å²) >= 11 is 0. The highest BCUT2D eigenvalue weighted by atomic mass is 16.5. The van der Waals surface area contributed by atoms with Crippen molar-refractivity contribution >= 4 is 0 Å². The molecule has 0 aromatic rings. The van der Waals surface area contributed by atoms with Crippen molar-refractivity contribution in [2.24, 2.45) is 0 Å². The second kappa shape index (κ2) is 34.0. The third-order valence-corrected chi connectivity index (χ3v) is 7.78. The Hall–Kier alpha value is -0.0400. The van der Waals surface area contributed by atoms with E-state index in [1.165, 1.54) is 193 Å². The van der Waals surface area contributed by atoms with Crippen LogP contribution in [-0.4, -0.2) is 13.2 Å². The Kier molecular flexibility index (Phi) is 33.9. The summed E-state index contributed by atoms with van der Waals surface area (Å²) in [4.78, 5) is 0. The van der Waals surface area contributed by atoms with Crippen LogP contribution in [0.2, 0.25) is 0 Å². The maximum absolute atomic E-state index is 5.82. The number of hydrogen-bond acceptors (Lipinski definition) is 1. The molecular weight excluding hydrogens is 424 g/mol. The third-order valence-electron chi connectivity index (χ3n) is 7.78. The van der Waals surface area contributed by atoms with Gasteiger partial charge in [0, 0.05) is 13.2 Å². The lowest BCUT2D eigenvalue weighted by Gasteiger charge is -2.05. The molecule has 0 N–H and O–H groups in total. The molecule has 1 heteroatoms. The van der Waals surface area contributed by atoms with E-state index in [-0.39, 0.29) is 0 Å². The molecule has 0 aromatic carbocycles. The van der Waals surface area contributed by atoms with Crippen molar-refractivity contribution < 1.29 is 4.74 Å². The third kappa shape index (κ3) is 34.0. The lowest BCUT2D eigenvalue weighted by atomic mass is 10.0. The van der Waals surface area contributed by atoms with Gasteiger partial charge in [-0.25, -0.2) is 0 Å². The molecule has 0 radical (unpaired) electrons. The minimum Gasteiger partial charge on any atom is -0.381 e. The zero-order valence-electron chi connectivity index (χ0n) is 25.0. The lowest BCUT2D eigenvalue weighted by molar-refractivity contribution is 0.125. The van der Waals surface area contributed by atoms with Gasteiger partial charge < -0.3 is 4.74 Å². The van der Waals surface area contributed by atoms with Gasteiger partial charge >= 0.3 is 0 Å². The maximum atomic E-state index is 5.82. The van der Waals surface area contributed by atoms with Gasteiger partial charge in [-0.15, -0.1) is 0 Å². The predicted molar refractivity (Wildman–Crippen MR) is 161 cm³/mol. The maximum Gasteiger partial charge on any atom is 0.0466 e. The van der Waals surface area contributed by atoms with E-state index in [0.717, 1.165) is 13.2 Å². The highest BCUT2D eigenvalue weighted by Gasteiger charge is 1.97. The Balaban J connectivity index is 3.00. The Morgan fingerprint density at radius 2 is 0.400 bits per heavy atom. The second-order valence-electron chi connectivity index (χ2n) is 11.5. The van der Waals surface area contributed by atoms with Crippen LogP contribution in [0.3, 0.4) is 0 Å². The van der Waals surface area contributed by atoms with Crippen molar-refractivity contribution in [2.45, 2.75) is 206 Å². The molecule has 0 aliphatic carbocycles. The number of rotatable bonds is 32. The Labute approximate surface area is 224 Å². The summed E-state index contributed by atoms with van der Waals surface area (Å²) in [6.45, 7) is 6.59.